The molecule has 2 aromatic heterocycles. The van der Waals surface area contributed by atoms with E-state index in [1.165, 1.54) is 18.1 Å². The number of carbonyl (C=O) groups is 2. The normalized spacial score (nSPS) is 11.9. The van der Waals surface area contributed by atoms with Gasteiger partial charge < -0.3 is 15.0 Å². The number of nitrogens with one attached hydrogen (secondary N) is 2. The summed E-state index contributed by atoms with van der Waals surface area (Å²) in [7, 11) is 1.30. The van der Waals surface area contributed by atoms with Crippen molar-refractivity contribution < 1.29 is 14.3 Å². The Kier molecular flexibility index (Phi) is 5.02. The van der Waals surface area contributed by atoms with Crippen LogP contribution in [0.1, 0.15) is 15.9 Å². The lowest BCUT2D eigenvalue weighted by Crippen LogP contribution is -2.43. The van der Waals surface area contributed by atoms with Gasteiger partial charge in [-0.25, -0.2) is 9.48 Å². The van der Waals surface area contributed by atoms with Crippen molar-refractivity contribution in [3.63, 3.8) is 0 Å². The highest BCUT2D eigenvalue weighted by atomic mass is 16.5. The molecule has 4 rings (SSSR count). The summed E-state index contributed by atoms with van der Waals surface area (Å²) in [6, 6.07) is 13.7. The van der Waals surface area contributed by atoms with Gasteiger partial charge in [-0.3, -0.25) is 4.79 Å². The van der Waals surface area contributed by atoms with E-state index in [0.29, 0.717) is 12.0 Å². The summed E-state index contributed by atoms with van der Waals surface area (Å²) < 4.78 is 6.37. The minimum Gasteiger partial charge on any atom is -0.467 e. The maximum absolute atomic E-state index is 12.7. The summed E-state index contributed by atoms with van der Waals surface area (Å²) >= 11 is 0. The maximum atomic E-state index is 12.7. The second-order valence-electron chi connectivity index (χ2n) is 6.41. The van der Waals surface area contributed by atoms with Gasteiger partial charge in [0.15, 0.2) is 0 Å². The lowest BCUT2D eigenvalue weighted by molar-refractivity contribution is -0.142. The number of methoxy groups -OCH3 is 1. The Balaban J connectivity index is 1.52. The van der Waals surface area contributed by atoms with Crippen molar-refractivity contribution in [3.8, 4) is 5.69 Å². The minimum atomic E-state index is -0.814. The third-order valence-electron chi connectivity index (χ3n) is 4.63. The van der Waals surface area contributed by atoms with Crippen molar-refractivity contribution in [2.24, 2.45) is 0 Å². The molecule has 2 heterocycles. The van der Waals surface area contributed by atoms with E-state index in [0.717, 1.165) is 22.2 Å². The number of esters is 1. The zero-order valence-electron chi connectivity index (χ0n) is 15.6. The molecular weight excluding hydrogens is 372 g/mol. The highest BCUT2D eigenvalue weighted by molar-refractivity contribution is 5.97. The van der Waals surface area contributed by atoms with Crippen LogP contribution >= 0.6 is 0 Å². The molecule has 1 amide bonds. The minimum absolute atomic E-state index is 0.311. The molecular formula is C20H18N6O3. The highest BCUT2D eigenvalue weighted by Gasteiger charge is 2.24. The van der Waals surface area contributed by atoms with Crippen molar-refractivity contribution in [1.82, 2.24) is 30.5 Å². The van der Waals surface area contributed by atoms with Crippen LogP contribution in [0.5, 0.6) is 0 Å². The van der Waals surface area contributed by atoms with Crippen LogP contribution in [0.4, 0.5) is 0 Å². The number of carbonyl (C=O) groups excluding carboxylic acids is 2. The molecule has 0 saturated heterocycles. The number of H-pyrrole nitrogens is 1. The van der Waals surface area contributed by atoms with E-state index in [4.69, 9.17) is 4.74 Å². The number of amides is 1. The highest BCUT2D eigenvalue weighted by Crippen LogP contribution is 2.19. The maximum Gasteiger partial charge on any atom is 0.328 e. The van der Waals surface area contributed by atoms with E-state index in [1.54, 1.807) is 24.3 Å². The molecule has 0 unspecified atom stereocenters. The van der Waals surface area contributed by atoms with Gasteiger partial charge in [0.25, 0.3) is 5.91 Å². The molecule has 146 valence electrons. The van der Waals surface area contributed by atoms with E-state index >= 15 is 0 Å². The average Bonchev–Trinajstić information content (AvgIpc) is 3.43. The SMILES string of the molecule is COC(=O)[C@H](Cc1c[nH]c2ccccc12)NC(=O)c1ccc(-n2cnnn2)cc1. The molecule has 2 N–H and O–H groups in total. The molecule has 0 aliphatic heterocycles. The molecule has 4 aromatic rings. The summed E-state index contributed by atoms with van der Waals surface area (Å²) in [5.74, 6) is -0.877. The first kappa shape index (κ1) is 18.4. The number of hydrogen-bond acceptors (Lipinski definition) is 6. The third-order valence-corrected chi connectivity index (χ3v) is 4.63. The summed E-state index contributed by atoms with van der Waals surface area (Å²) in [4.78, 5) is 28.1. The Morgan fingerprint density at radius 2 is 1.97 bits per heavy atom. The summed E-state index contributed by atoms with van der Waals surface area (Å²) in [6.45, 7) is 0. The van der Waals surface area contributed by atoms with Crippen LogP contribution < -0.4 is 5.32 Å². The Bertz CT molecular complexity index is 1130. The fourth-order valence-corrected chi connectivity index (χ4v) is 3.14. The molecule has 0 aliphatic carbocycles. The van der Waals surface area contributed by atoms with Gasteiger partial charge in [-0.15, -0.1) is 5.10 Å². The number of nitrogens with zero attached hydrogens (tertiary/aromatic N) is 4. The van der Waals surface area contributed by atoms with Gasteiger partial charge in [0.1, 0.15) is 12.4 Å². The molecule has 2 aromatic carbocycles. The monoisotopic (exact) mass is 390 g/mol. The Morgan fingerprint density at radius 1 is 1.17 bits per heavy atom. The van der Waals surface area contributed by atoms with Crippen LogP contribution in [-0.2, 0) is 16.0 Å². The lowest BCUT2D eigenvalue weighted by atomic mass is 10.0. The second kappa shape index (κ2) is 7.93. The van der Waals surface area contributed by atoms with Gasteiger partial charge in [-0.05, 0) is 46.3 Å². The van der Waals surface area contributed by atoms with Crippen LogP contribution in [0.15, 0.2) is 61.1 Å². The van der Waals surface area contributed by atoms with Crippen LogP contribution in [0.2, 0.25) is 0 Å². The zero-order chi connectivity index (χ0) is 20.2. The first-order chi connectivity index (χ1) is 14.2. The van der Waals surface area contributed by atoms with Crippen LogP contribution in [-0.4, -0.2) is 50.2 Å². The number of benzene rings is 2. The number of ether oxygens (including phenoxy) is 1. The van der Waals surface area contributed by atoms with E-state index in [-0.39, 0.29) is 5.91 Å². The summed E-state index contributed by atoms with van der Waals surface area (Å²) in [6.07, 6.45) is 3.61. The lowest BCUT2D eigenvalue weighted by Gasteiger charge is -2.16. The van der Waals surface area contributed by atoms with Gasteiger partial charge in [-0.1, -0.05) is 18.2 Å². The smallest absolute Gasteiger partial charge is 0.328 e. The first-order valence-electron chi connectivity index (χ1n) is 8.93. The number of aromatic nitrogens is 5. The number of aromatic amines is 1. The molecule has 29 heavy (non-hydrogen) atoms. The van der Waals surface area contributed by atoms with Gasteiger partial charge >= 0.3 is 5.97 Å². The van der Waals surface area contributed by atoms with Gasteiger partial charge in [-0.2, -0.15) is 0 Å². The van der Waals surface area contributed by atoms with Crippen LogP contribution in [0.3, 0.4) is 0 Å². The fraction of sp³-hybridized carbons (Fsp3) is 0.150. The standard InChI is InChI=1S/C20H18N6O3/c1-29-20(28)18(10-14-11-21-17-5-3-2-4-16(14)17)23-19(27)13-6-8-15(9-7-13)26-12-22-24-25-26/h2-9,11-12,18,21H,10H2,1H3,(H,23,27)/t18-/m0/s1. The van der Waals surface area contributed by atoms with E-state index in [2.05, 4.69) is 25.8 Å². The molecule has 9 heteroatoms. The summed E-state index contributed by atoms with van der Waals surface area (Å²) in [5.41, 5.74) is 3.02. The molecule has 0 spiro atoms. The Morgan fingerprint density at radius 3 is 2.69 bits per heavy atom. The van der Waals surface area contributed by atoms with Crippen molar-refractivity contribution in [2.75, 3.05) is 7.11 Å². The molecule has 1 atom stereocenters. The second-order valence-corrected chi connectivity index (χ2v) is 6.41. The van der Waals surface area contributed by atoms with E-state index < -0.39 is 12.0 Å². The predicted molar refractivity (Wildman–Crippen MR) is 104 cm³/mol. The largest absolute Gasteiger partial charge is 0.467 e. The Labute approximate surface area is 165 Å². The molecule has 0 aliphatic rings. The molecule has 0 saturated carbocycles. The van der Waals surface area contributed by atoms with Crippen molar-refractivity contribution >= 4 is 22.8 Å². The molecule has 0 bridgehead atoms. The number of tetrazole rings is 1. The van der Waals surface area contributed by atoms with Crippen LogP contribution in [0.25, 0.3) is 16.6 Å². The topological polar surface area (TPSA) is 115 Å². The molecule has 9 nitrogen and oxygen atoms in total. The van der Waals surface area contributed by atoms with Gasteiger partial charge in [0.05, 0.1) is 12.8 Å². The van der Waals surface area contributed by atoms with Gasteiger partial charge in [0.2, 0.25) is 0 Å². The van der Waals surface area contributed by atoms with E-state index in [9.17, 15) is 9.59 Å². The van der Waals surface area contributed by atoms with Crippen molar-refractivity contribution in [1.29, 1.82) is 0 Å². The van der Waals surface area contributed by atoms with Crippen LogP contribution in [0, 0.1) is 0 Å². The third kappa shape index (κ3) is 3.84. The first-order valence-corrected chi connectivity index (χ1v) is 8.93. The zero-order valence-corrected chi connectivity index (χ0v) is 15.6. The quantitative estimate of drug-likeness (QED) is 0.484. The fourth-order valence-electron chi connectivity index (χ4n) is 3.14. The Hall–Kier alpha value is -4.01. The van der Waals surface area contributed by atoms with Crippen molar-refractivity contribution in [2.45, 2.75) is 12.5 Å². The van der Waals surface area contributed by atoms with E-state index in [1.807, 2.05) is 30.5 Å². The molecule has 0 fully saturated rings. The van der Waals surface area contributed by atoms with Crippen molar-refractivity contribution in [3.05, 3.63) is 72.2 Å². The summed E-state index contributed by atoms with van der Waals surface area (Å²) in [5, 5.41) is 14.7. The number of para-hydroxylation sites is 1. The number of fused-ring (bicyclic) bond motifs is 1. The molecule has 0 radical (unpaired) electrons. The predicted octanol–water partition coefficient (Wildman–Crippen LogP) is 1.66. The number of rotatable bonds is 6. The average molecular weight is 390 g/mol. The van der Waals surface area contributed by atoms with Gasteiger partial charge in [0, 0.05) is 29.1 Å². The number of hydrogen-bond donors (Lipinski definition) is 2.